The van der Waals surface area contributed by atoms with E-state index in [4.69, 9.17) is 9.47 Å². The molecule has 166 valence electrons. The van der Waals surface area contributed by atoms with Crippen LogP contribution in [0.1, 0.15) is 15.9 Å². The smallest absolute Gasteiger partial charge is 0.418 e. The van der Waals surface area contributed by atoms with Gasteiger partial charge in [0.25, 0.3) is 5.91 Å². The Balaban J connectivity index is 1.82. The Bertz CT molecular complexity index is 1140. The largest absolute Gasteiger partial charge is 0.457 e. The highest BCUT2D eigenvalue weighted by Gasteiger charge is 2.35. The van der Waals surface area contributed by atoms with Gasteiger partial charge in [0.05, 0.1) is 11.3 Å². The molecular formula is C21H16F3N3O5. The van der Waals surface area contributed by atoms with Crippen LogP contribution in [0.5, 0.6) is 17.4 Å². The van der Waals surface area contributed by atoms with Gasteiger partial charge in [-0.2, -0.15) is 18.2 Å². The number of nitrogens with zero attached hydrogens (tertiary/aromatic N) is 2. The minimum Gasteiger partial charge on any atom is -0.457 e. The van der Waals surface area contributed by atoms with E-state index in [0.29, 0.717) is 0 Å². The van der Waals surface area contributed by atoms with Crippen molar-refractivity contribution < 1.29 is 37.4 Å². The number of nitrogens with one attached hydrogen (secondary N) is 1. The predicted octanol–water partition coefficient (Wildman–Crippen LogP) is 4.65. The normalized spacial score (nSPS) is 10.9. The number of ether oxygens (including phenoxy) is 2. The second-order valence-corrected chi connectivity index (χ2v) is 6.23. The maximum atomic E-state index is 13.2. The van der Waals surface area contributed by atoms with Crippen LogP contribution in [0.15, 0.2) is 66.9 Å². The summed E-state index contributed by atoms with van der Waals surface area (Å²) >= 11 is 0. The number of carbonyl (C=O) groups excluding carboxylic acids is 2. The monoisotopic (exact) mass is 447 g/mol. The third-order valence-electron chi connectivity index (χ3n) is 4.05. The Morgan fingerprint density at radius 3 is 2.47 bits per heavy atom. The molecule has 0 saturated carbocycles. The molecule has 0 atom stereocenters. The van der Waals surface area contributed by atoms with Crippen LogP contribution >= 0.6 is 0 Å². The molecule has 0 aliphatic carbocycles. The number of anilines is 1. The summed E-state index contributed by atoms with van der Waals surface area (Å²) in [6.45, 7) is 0. The highest BCUT2D eigenvalue weighted by atomic mass is 19.4. The van der Waals surface area contributed by atoms with Crippen molar-refractivity contribution in [3.8, 4) is 17.4 Å². The lowest BCUT2D eigenvalue weighted by molar-refractivity contribution is -0.137. The van der Waals surface area contributed by atoms with Gasteiger partial charge in [-0.3, -0.25) is 10.0 Å². The summed E-state index contributed by atoms with van der Waals surface area (Å²) in [4.78, 5) is 27.8. The summed E-state index contributed by atoms with van der Waals surface area (Å²) in [6, 6.07) is 12.4. The number of hydrogen-bond donors (Lipinski definition) is 2. The molecule has 0 spiro atoms. The fourth-order valence-electron chi connectivity index (χ4n) is 2.62. The molecule has 0 aliphatic rings. The van der Waals surface area contributed by atoms with Crippen molar-refractivity contribution in [2.75, 3.05) is 12.1 Å². The van der Waals surface area contributed by atoms with Crippen LogP contribution in [-0.2, 0) is 6.18 Å². The number of pyridine rings is 1. The number of alkyl halides is 3. The maximum absolute atomic E-state index is 13.2. The SMILES string of the molecule is CNC(=O)Oc1cc(Oc2cccc(C(=O)N(O)c3ccccc3C(F)(F)F)c2)ccn1. The molecule has 0 unspecified atom stereocenters. The third-order valence-corrected chi connectivity index (χ3v) is 4.05. The van der Waals surface area contributed by atoms with Crippen LogP contribution < -0.4 is 19.9 Å². The van der Waals surface area contributed by atoms with Crippen molar-refractivity contribution >= 4 is 17.7 Å². The molecule has 8 nitrogen and oxygen atoms in total. The Morgan fingerprint density at radius 2 is 1.75 bits per heavy atom. The molecule has 1 aromatic heterocycles. The molecule has 0 saturated heterocycles. The van der Waals surface area contributed by atoms with Crippen LogP contribution in [0.3, 0.4) is 0 Å². The predicted molar refractivity (Wildman–Crippen MR) is 106 cm³/mol. The molecule has 2 aromatic carbocycles. The number of hydrogen-bond acceptors (Lipinski definition) is 6. The van der Waals surface area contributed by atoms with Crippen molar-refractivity contribution in [3.05, 3.63) is 78.0 Å². The van der Waals surface area contributed by atoms with E-state index in [0.717, 1.165) is 18.2 Å². The van der Waals surface area contributed by atoms with E-state index in [9.17, 15) is 28.0 Å². The summed E-state index contributed by atoms with van der Waals surface area (Å²) in [5, 5.41) is 12.4. The summed E-state index contributed by atoms with van der Waals surface area (Å²) < 4.78 is 50.1. The summed E-state index contributed by atoms with van der Waals surface area (Å²) in [6.07, 6.45) is -4.17. The van der Waals surface area contributed by atoms with Crippen molar-refractivity contribution in [2.24, 2.45) is 0 Å². The van der Waals surface area contributed by atoms with E-state index in [1.807, 2.05) is 0 Å². The van der Waals surface area contributed by atoms with Crippen molar-refractivity contribution in [2.45, 2.75) is 6.18 Å². The van der Waals surface area contributed by atoms with Gasteiger partial charge in [0, 0.05) is 24.9 Å². The minimum atomic E-state index is -4.77. The lowest BCUT2D eigenvalue weighted by Gasteiger charge is -2.20. The van der Waals surface area contributed by atoms with E-state index in [2.05, 4.69) is 10.3 Å². The molecule has 2 N–H and O–H groups in total. The summed E-state index contributed by atoms with van der Waals surface area (Å²) in [5.41, 5.74) is -2.00. The lowest BCUT2D eigenvalue weighted by Crippen LogP contribution is -2.29. The van der Waals surface area contributed by atoms with Gasteiger partial charge in [-0.25, -0.2) is 9.78 Å². The standard InChI is InChI=1S/C21H16F3N3O5/c1-25-20(29)32-18-12-15(9-10-26-18)31-14-6-4-5-13(11-14)19(28)27(30)17-8-3-2-7-16(17)21(22,23)24/h2-12,30H,1H3,(H,25,29). The second kappa shape index (κ2) is 9.35. The molecule has 3 aromatic rings. The second-order valence-electron chi connectivity index (χ2n) is 6.23. The molecule has 0 fully saturated rings. The van der Waals surface area contributed by atoms with Gasteiger partial charge in [0.15, 0.2) is 0 Å². The number of rotatable bonds is 5. The van der Waals surface area contributed by atoms with Crippen LogP contribution in [0.4, 0.5) is 23.7 Å². The van der Waals surface area contributed by atoms with Crippen LogP contribution in [0, 0.1) is 0 Å². The van der Waals surface area contributed by atoms with Gasteiger partial charge in [0.2, 0.25) is 5.88 Å². The molecule has 0 aliphatic heterocycles. The Morgan fingerprint density at radius 1 is 1.03 bits per heavy atom. The fraction of sp³-hybridized carbons (Fsp3) is 0.0952. The van der Waals surface area contributed by atoms with Crippen LogP contribution in [0.2, 0.25) is 0 Å². The molecule has 11 heteroatoms. The van der Waals surface area contributed by atoms with Gasteiger partial charge in [-0.15, -0.1) is 0 Å². The number of carbonyl (C=O) groups is 2. The van der Waals surface area contributed by atoms with E-state index in [1.165, 1.54) is 55.7 Å². The molecular weight excluding hydrogens is 431 g/mol. The summed E-state index contributed by atoms with van der Waals surface area (Å²) in [5.74, 6) is -0.776. The minimum absolute atomic E-state index is 0.0422. The molecule has 32 heavy (non-hydrogen) atoms. The van der Waals surface area contributed by atoms with Gasteiger partial charge in [-0.1, -0.05) is 18.2 Å². The van der Waals surface area contributed by atoms with Crippen LogP contribution in [-0.4, -0.2) is 29.2 Å². The molecule has 0 bridgehead atoms. The molecule has 0 radical (unpaired) electrons. The first-order chi connectivity index (χ1) is 15.2. The van der Waals surface area contributed by atoms with Crippen molar-refractivity contribution in [1.29, 1.82) is 0 Å². The Labute approximate surface area is 179 Å². The van der Waals surface area contributed by atoms with Gasteiger partial charge in [-0.05, 0) is 36.4 Å². The van der Waals surface area contributed by atoms with E-state index in [1.54, 1.807) is 0 Å². The zero-order valence-corrected chi connectivity index (χ0v) is 16.5. The van der Waals surface area contributed by atoms with Gasteiger partial charge in [0.1, 0.15) is 11.5 Å². The Hall–Kier alpha value is -4.12. The molecule has 2 amide bonds. The average Bonchev–Trinajstić information content (AvgIpc) is 2.78. The van der Waals surface area contributed by atoms with E-state index < -0.39 is 29.4 Å². The molecule has 1 heterocycles. The highest BCUT2D eigenvalue weighted by Crippen LogP contribution is 2.36. The topological polar surface area (TPSA) is 101 Å². The van der Waals surface area contributed by atoms with Crippen molar-refractivity contribution in [1.82, 2.24) is 10.3 Å². The molecule has 3 rings (SSSR count). The number of hydroxylamine groups is 1. The zero-order valence-electron chi connectivity index (χ0n) is 16.5. The van der Waals surface area contributed by atoms with E-state index in [-0.39, 0.29) is 28.0 Å². The van der Waals surface area contributed by atoms with Gasteiger partial charge >= 0.3 is 12.3 Å². The average molecular weight is 447 g/mol. The quantitative estimate of drug-likeness (QED) is 0.436. The zero-order chi connectivity index (χ0) is 23.3. The first-order valence-corrected chi connectivity index (χ1v) is 9.02. The maximum Gasteiger partial charge on any atom is 0.418 e. The highest BCUT2D eigenvalue weighted by molar-refractivity contribution is 6.05. The van der Waals surface area contributed by atoms with Crippen LogP contribution in [0.25, 0.3) is 0 Å². The summed E-state index contributed by atoms with van der Waals surface area (Å²) in [7, 11) is 1.38. The van der Waals surface area contributed by atoms with Gasteiger partial charge < -0.3 is 14.8 Å². The van der Waals surface area contributed by atoms with Crippen molar-refractivity contribution in [3.63, 3.8) is 0 Å². The number of para-hydroxylation sites is 1. The number of aromatic nitrogens is 1. The first-order valence-electron chi connectivity index (χ1n) is 9.02. The Kier molecular flexibility index (Phi) is 6.59. The lowest BCUT2D eigenvalue weighted by atomic mass is 10.1. The van der Waals surface area contributed by atoms with E-state index >= 15 is 0 Å². The first kappa shape index (κ1) is 22.6. The third kappa shape index (κ3) is 5.32. The fourth-order valence-corrected chi connectivity index (χ4v) is 2.62. The number of amides is 2. The number of benzene rings is 2. The number of halogens is 3.